The first-order valence-electron chi connectivity index (χ1n) is 11.0. The first kappa shape index (κ1) is 25.1. The quantitative estimate of drug-likeness (QED) is 0.345. The first-order valence-corrected chi connectivity index (χ1v) is 14.1. The molecule has 2 aromatic carbocycles. The minimum absolute atomic E-state index is 0.0370. The third kappa shape index (κ3) is 4.39. The van der Waals surface area contributed by atoms with E-state index >= 15 is 0 Å². The van der Waals surface area contributed by atoms with E-state index in [-0.39, 0.29) is 45.5 Å². The van der Waals surface area contributed by atoms with E-state index in [2.05, 4.69) is 5.10 Å². The van der Waals surface area contributed by atoms with Gasteiger partial charge in [0.25, 0.3) is 0 Å². The van der Waals surface area contributed by atoms with Crippen molar-refractivity contribution in [2.75, 3.05) is 12.9 Å². The molecule has 0 bridgehead atoms. The van der Waals surface area contributed by atoms with Gasteiger partial charge in [-0.2, -0.15) is 13.5 Å². The lowest BCUT2D eigenvalue weighted by Crippen LogP contribution is -2.25. The number of hydrogen-bond acceptors (Lipinski definition) is 8. The molecular weight excluding hydrogens is 492 g/mol. The maximum absolute atomic E-state index is 13.7. The maximum atomic E-state index is 13.7. The number of benzene rings is 2. The van der Waals surface area contributed by atoms with Crippen LogP contribution in [0.1, 0.15) is 52.1 Å². The summed E-state index contributed by atoms with van der Waals surface area (Å²) in [5, 5.41) is 4.14. The van der Waals surface area contributed by atoms with E-state index in [1.54, 1.807) is 39.0 Å². The predicted molar refractivity (Wildman–Crippen MR) is 128 cm³/mol. The number of sulfone groups is 1. The predicted octanol–water partition coefficient (Wildman–Crippen LogP) is 3.38. The molecule has 0 saturated heterocycles. The van der Waals surface area contributed by atoms with Crippen LogP contribution in [0.25, 0.3) is 0 Å². The van der Waals surface area contributed by atoms with Crippen molar-refractivity contribution in [3.05, 3.63) is 70.4 Å². The Morgan fingerprint density at radius 3 is 2.49 bits per heavy atom. The van der Waals surface area contributed by atoms with Crippen molar-refractivity contribution in [3.8, 4) is 5.88 Å². The number of rotatable bonds is 7. The Hall–Kier alpha value is -3.02. The van der Waals surface area contributed by atoms with Gasteiger partial charge in [-0.3, -0.25) is 4.79 Å². The third-order valence-electron chi connectivity index (χ3n) is 6.14. The molecule has 1 aliphatic rings. The van der Waals surface area contributed by atoms with Crippen molar-refractivity contribution in [2.45, 2.75) is 49.6 Å². The molecule has 1 aliphatic heterocycles. The lowest BCUT2D eigenvalue weighted by Gasteiger charge is -2.28. The normalized spacial score (nSPS) is 17.1. The van der Waals surface area contributed by atoms with E-state index in [1.165, 1.54) is 36.2 Å². The van der Waals surface area contributed by atoms with Gasteiger partial charge in [-0.1, -0.05) is 18.2 Å². The second-order valence-corrected chi connectivity index (χ2v) is 11.9. The van der Waals surface area contributed by atoms with Crippen LogP contribution in [0.2, 0.25) is 0 Å². The van der Waals surface area contributed by atoms with Crippen LogP contribution in [-0.2, 0) is 31.2 Å². The van der Waals surface area contributed by atoms with Gasteiger partial charge in [-0.15, -0.1) is 0 Å². The van der Waals surface area contributed by atoms with Gasteiger partial charge in [-0.05, 0) is 56.5 Å². The Balaban J connectivity index is 1.85. The van der Waals surface area contributed by atoms with Crippen molar-refractivity contribution in [1.29, 1.82) is 0 Å². The van der Waals surface area contributed by atoms with Crippen LogP contribution in [-0.4, -0.2) is 45.3 Å². The smallest absolute Gasteiger partial charge is 0.340 e. The zero-order chi connectivity index (χ0) is 25.5. The van der Waals surface area contributed by atoms with Gasteiger partial charge in [-0.25, -0.2) is 13.1 Å². The minimum Gasteiger partial charge on any atom is -0.377 e. The van der Waals surface area contributed by atoms with E-state index in [1.807, 2.05) is 0 Å². The van der Waals surface area contributed by atoms with Crippen molar-refractivity contribution in [3.63, 3.8) is 0 Å². The van der Waals surface area contributed by atoms with Gasteiger partial charge >= 0.3 is 10.1 Å². The van der Waals surface area contributed by atoms with Crippen LogP contribution in [0.5, 0.6) is 5.88 Å². The molecule has 0 fully saturated rings. The molecule has 1 aromatic heterocycles. The summed E-state index contributed by atoms with van der Waals surface area (Å²) < 4.78 is 63.6. The first-order chi connectivity index (χ1) is 16.5. The van der Waals surface area contributed by atoms with Gasteiger partial charge < -0.3 is 8.92 Å². The molecule has 186 valence electrons. The second kappa shape index (κ2) is 9.21. The lowest BCUT2D eigenvalue weighted by molar-refractivity contribution is 0.0951. The van der Waals surface area contributed by atoms with Crippen molar-refractivity contribution < 1.29 is 30.6 Å². The summed E-state index contributed by atoms with van der Waals surface area (Å²) in [5.74, 6) is -0.763. The molecule has 4 rings (SSSR count). The fourth-order valence-electron chi connectivity index (χ4n) is 4.43. The van der Waals surface area contributed by atoms with Crippen LogP contribution in [0.4, 0.5) is 0 Å². The van der Waals surface area contributed by atoms with E-state index in [0.717, 1.165) is 0 Å². The highest BCUT2D eigenvalue weighted by Crippen LogP contribution is 2.40. The number of nitrogens with zero attached hydrogens (tertiary/aromatic N) is 2. The highest BCUT2D eigenvalue weighted by molar-refractivity contribution is 7.91. The van der Waals surface area contributed by atoms with E-state index in [9.17, 15) is 21.6 Å². The molecule has 3 aromatic rings. The highest BCUT2D eigenvalue weighted by Gasteiger charge is 2.36. The van der Waals surface area contributed by atoms with E-state index in [0.29, 0.717) is 16.7 Å². The number of fused-ring (bicyclic) bond motifs is 1. The lowest BCUT2D eigenvalue weighted by atomic mass is 9.90. The topological polar surface area (TPSA) is 122 Å². The highest BCUT2D eigenvalue weighted by atomic mass is 32.2. The second-order valence-electron chi connectivity index (χ2n) is 8.30. The van der Waals surface area contributed by atoms with Crippen LogP contribution in [0.3, 0.4) is 0 Å². The summed E-state index contributed by atoms with van der Waals surface area (Å²) in [6.07, 6.45) is 1.06. The van der Waals surface area contributed by atoms with E-state index in [4.69, 9.17) is 8.92 Å². The fraction of sp³-hybridized carbons (Fsp3) is 0.333. The Kier molecular flexibility index (Phi) is 6.60. The zero-order valence-corrected chi connectivity index (χ0v) is 21.4. The standard InChI is InChI=1S/C24H26N2O7S2/c1-5-26-24(33-35(30,31)17-9-7-6-8-10-17)19(14-25-26)22(27)18-13-15(2)23-21(16(18)3)20(32-4)11-12-34(23,28)29/h6-10,13-14,20H,5,11-12H2,1-4H3. The maximum Gasteiger partial charge on any atom is 0.340 e. The molecule has 1 atom stereocenters. The van der Waals surface area contributed by atoms with Crippen LogP contribution in [0, 0.1) is 13.8 Å². The van der Waals surface area contributed by atoms with Gasteiger partial charge in [0.05, 0.1) is 22.9 Å². The summed E-state index contributed by atoms with van der Waals surface area (Å²) in [5.41, 5.74) is 1.55. The van der Waals surface area contributed by atoms with Crippen LogP contribution >= 0.6 is 0 Å². The third-order valence-corrected chi connectivity index (χ3v) is 9.30. The van der Waals surface area contributed by atoms with Crippen molar-refractivity contribution >= 4 is 25.7 Å². The average Bonchev–Trinajstić information content (AvgIpc) is 3.22. The van der Waals surface area contributed by atoms with Crippen LogP contribution < -0.4 is 4.18 Å². The molecule has 0 saturated carbocycles. The molecule has 9 nitrogen and oxygen atoms in total. The van der Waals surface area contributed by atoms with Crippen LogP contribution in [0.15, 0.2) is 52.4 Å². The number of ether oxygens (including phenoxy) is 1. The number of carbonyl (C=O) groups excluding carboxylic acids is 1. The number of hydrogen-bond donors (Lipinski definition) is 0. The van der Waals surface area contributed by atoms with E-state index < -0.39 is 31.8 Å². The number of aromatic nitrogens is 2. The molecule has 0 amide bonds. The zero-order valence-electron chi connectivity index (χ0n) is 19.8. The summed E-state index contributed by atoms with van der Waals surface area (Å²) in [4.78, 5) is 13.8. The monoisotopic (exact) mass is 518 g/mol. The molecule has 0 N–H and O–H groups in total. The molecule has 35 heavy (non-hydrogen) atoms. The Morgan fingerprint density at radius 1 is 1.17 bits per heavy atom. The molecule has 11 heteroatoms. The fourth-order valence-corrected chi connectivity index (χ4v) is 7.29. The number of aryl methyl sites for hydroxylation is 2. The Labute approximate surface area is 204 Å². The van der Waals surface area contributed by atoms with Crippen molar-refractivity contribution in [1.82, 2.24) is 9.78 Å². The molecule has 0 radical (unpaired) electrons. The summed E-state index contributed by atoms with van der Waals surface area (Å²) in [6.45, 7) is 5.31. The molecular formula is C24H26N2O7S2. The molecule has 2 heterocycles. The van der Waals surface area contributed by atoms with Crippen molar-refractivity contribution in [2.24, 2.45) is 0 Å². The minimum atomic E-state index is -4.23. The number of ketones is 1. The number of methoxy groups -OCH3 is 1. The van der Waals surface area contributed by atoms with Gasteiger partial charge in [0.1, 0.15) is 10.5 Å². The number of carbonyl (C=O) groups is 1. The molecule has 0 spiro atoms. The van der Waals surface area contributed by atoms with Gasteiger partial charge in [0.15, 0.2) is 15.6 Å². The van der Waals surface area contributed by atoms with Gasteiger partial charge in [0, 0.05) is 24.8 Å². The summed E-state index contributed by atoms with van der Waals surface area (Å²) in [7, 11) is -6.25. The Morgan fingerprint density at radius 2 is 1.86 bits per heavy atom. The SMILES string of the molecule is CCn1ncc(C(=O)c2cc(C)c3c(c2C)C(OC)CCS3(=O)=O)c1OS(=O)(=O)c1ccccc1. The Bertz CT molecular complexity index is 1510. The average molecular weight is 519 g/mol. The summed E-state index contributed by atoms with van der Waals surface area (Å²) in [6, 6.07) is 9.12. The van der Waals surface area contributed by atoms with Gasteiger partial charge in [0.2, 0.25) is 5.88 Å². The molecule has 1 unspecified atom stereocenters. The summed E-state index contributed by atoms with van der Waals surface area (Å²) >= 11 is 0. The largest absolute Gasteiger partial charge is 0.377 e. The molecule has 0 aliphatic carbocycles.